The summed E-state index contributed by atoms with van der Waals surface area (Å²) < 4.78 is 66.2. The van der Waals surface area contributed by atoms with E-state index in [0.717, 1.165) is 29.1 Å². The number of alkyl halides is 3. The summed E-state index contributed by atoms with van der Waals surface area (Å²) in [4.78, 5) is 29.2. The molecule has 0 aliphatic rings. The Bertz CT molecular complexity index is 1960. The molecular formula is C31H22F4N4O5. The number of hydrogen-bond donors (Lipinski definition) is 0. The fraction of sp³-hybridized carbons (Fsp3) is 0.129. The smallest absolute Gasteiger partial charge is 0.416 e. The summed E-state index contributed by atoms with van der Waals surface area (Å²) >= 11 is 0. The third-order valence-electron chi connectivity index (χ3n) is 6.35. The Morgan fingerprint density at radius 3 is 2.50 bits per heavy atom. The standard InChI is InChI=1S/C31H22F4N4O5/c1-2-43-27-15-20(14-26(39(41)42)28(27)44-18-19-7-5-10-23(32)13-19)17-36-38-29(21-8-6-9-22(16-21)31(33,34)35)37-25-12-4-3-11-24(25)30(38)40/h3-17H,2,18H2,1H3. The SMILES string of the molecule is CCOc1cc(C=Nn2c(-c3cccc(C(F)(F)F)c3)nc3ccccc3c2=O)cc([N+](=O)[O-])c1OCc1cccc(F)c1. The van der Waals surface area contributed by atoms with Crippen LogP contribution >= 0.6 is 0 Å². The lowest BCUT2D eigenvalue weighted by Crippen LogP contribution is -2.20. The zero-order valence-corrected chi connectivity index (χ0v) is 22.9. The van der Waals surface area contributed by atoms with Gasteiger partial charge in [-0.05, 0) is 55.0 Å². The van der Waals surface area contributed by atoms with E-state index in [0.29, 0.717) is 5.56 Å². The van der Waals surface area contributed by atoms with Crippen LogP contribution in [-0.2, 0) is 12.8 Å². The molecule has 0 unspecified atom stereocenters. The van der Waals surface area contributed by atoms with Crippen LogP contribution in [0.5, 0.6) is 11.5 Å². The zero-order valence-electron chi connectivity index (χ0n) is 22.9. The van der Waals surface area contributed by atoms with Gasteiger partial charge < -0.3 is 9.47 Å². The summed E-state index contributed by atoms with van der Waals surface area (Å²) in [7, 11) is 0. The third kappa shape index (κ3) is 6.41. The molecule has 0 atom stereocenters. The van der Waals surface area contributed by atoms with Crippen molar-refractivity contribution >= 4 is 22.8 Å². The topological polar surface area (TPSA) is 109 Å². The molecule has 224 valence electrons. The van der Waals surface area contributed by atoms with Crippen LogP contribution in [0.1, 0.15) is 23.6 Å². The molecule has 5 aromatic rings. The summed E-state index contributed by atoms with van der Waals surface area (Å²) in [5.41, 5.74) is -1.35. The number of rotatable bonds is 9. The molecule has 0 fully saturated rings. The van der Waals surface area contributed by atoms with Crippen molar-refractivity contribution in [1.82, 2.24) is 9.66 Å². The van der Waals surface area contributed by atoms with Crippen LogP contribution in [0.15, 0.2) is 94.8 Å². The van der Waals surface area contributed by atoms with Crippen LogP contribution < -0.4 is 15.0 Å². The van der Waals surface area contributed by atoms with Crippen molar-refractivity contribution in [2.45, 2.75) is 19.7 Å². The Balaban J connectivity index is 1.61. The minimum atomic E-state index is -4.64. The van der Waals surface area contributed by atoms with Crippen molar-refractivity contribution in [3.63, 3.8) is 0 Å². The van der Waals surface area contributed by atoms with E-state index in [1.54, 1.807) is 31.2 Å². The van der Waals surface area contributed by atoms with E-state index in [2.05, 4.69) is 10.1 Å². The van der Waals surface area contributed by atoms with Gasteiger partial charge in [0.2, 0.25) is 5.75 Å². The lowest BCUT2D eigenvalue weighted by atomic mass is 10.1. The Kier molecular flexibility index (Phi) is 8.38. The molecule has 0 radical (unpaired) electrons. The highest BCUT2D eigenvalue weighted by atomic mass is 19.4. The van der Waals surface area contributed by atoms with E-state index in [-0.39, 0.29) is 52.6 Å². The summed E-state index contributed by atoms with van der Waals surface area (Å²) in [6, 6.07) is 18.6. The minimum Gasteiger partial charge on any atom is -0.490 e. The van der Waals surface area contributed by atoms with Gasteiger partial charge in [0.25, 0.3) is 5.56 Å². The molecule has 4 aromatic carbocycles. The number of nitro groups is 1. The van der Waals surface area contributed by atoms with Crippen molar-refractivity contribution in [3.05, 3.63) is 128 Å². The van der Waals surface area contributed by atoms with Crippen molar-refractivity contribution < 1.29 is 32.0 Å². The van der Waals surface area contributed by atoms with Crippen molar-refractivity contribution in [2.75, 3.05) is 6.61 Å². The second kappa shape index (κ2) is 12.3. The van der Waals surface area contributed by atoms with E-state index >= 15 is 0 Å². The Labute approximate surface area is 246 Å². The largest absolute Gasteiger partial charge is 0.490 e. The van der Waals surface area contributed by atoms with Gasteiger partial charge in [0.15, 0.2) is 11.6 Å². The maximum absolute atomic E-state index is 13.6. The highest BCUT2D eigenvalue weighted by Gasteiger charge is 2.31. The molecule has 1 aromatic heterocycles. The number of hydrogen-bond acceptors (Lipinski definition) is 7. The van der Waals surface area contributed by atoms with Gasteiger partial charge in [-0.1, -0.05) is 36.4 Å². The van der Waals surface area contributed by atoms with Gasteiger partial charge in [0, 0.05) is 17.2 Å². The van der Waals surface area contributed by atoms with E-state index in [4.69, 9.17) is 9.47 Å². The first-order valence-electron chi connectivity index (χ1n) is 13.1. The monoisotopic (exact) mass is 606 g/mol. The van der Waals surface area contributed by atoms with Crippen molar-refractivity contribution in [3.8, 4) is 22.9 Å². The molecule has 5 rings (SSSR count). The van der Waals surface area contributed by atoms with Crippen LogP contribution in [0.2, 0.25) is 0 Å². The first kappa shape index (κ1) is 29.9. The molecule has 0 spiro atoms. The predicted octanol–water partition coefficient (Wildman–Crippen LogP) is 6.99. The number of aromatic nitrogens is 2. The van der Waals surface area contributed by atoms with Crippen LogP contribution in [0.25, 0.3) is 22.3 Å². The highest BCUT2D eigenvalue weighted by molar-refractivity contribution is 5.84. The lowest BCUT2D eigenvalue weighted by Gasteiger charge is -2.14. The number of nitrogens with zero attached hydrogens (tertiary/aromatic N) is 4. The van der Waals surface area contributed by atoms with Gasteiger partial charge in [-0.3, -0.25) is 14.9 Å². The summed E-state index contributed by atoms with van der Waals surface area (Å²) in [5, 5.41) is 16.4. The molecule has 0 bridgehead atoms. The molecule has 0 saturated carbocycles. The van der Waals surface area contributed by atoms with Crippen molar-refractivity contribution in [1.29, 1.82) is 0 Å². The van der Waals surface area contributed by atoms with Gasteiger partial charge in [-0.2, -0.15) is 22.9 Å². The van der Waals surface area contributed by atoms with E-state index in [1.165, 1.54) is 42.5 Å². The number of halogens is 4. The van der Waals surface area contributed by atoms with Gasteiger partial charge in [0.05, 0.1) is 34.2 Å². The molecule has 0 saturated heterocycles. The normalized spacial score (nSPS) is 11.7. The third-order valence-corrected chi connectivity index (χ3v) is 6.35. The molecule has 13 heteroatoms. The quantitative estimate of drug-likeness (QED) is 0.0775. The molecule has 0 aliphatic carbocycles. The van der Waals surface area contributed by atoms with Gasteiger partial charge in [0.1, 0.15) is 12.4 Å². The average Bonchev–Trinajstić information content (AvgIpc) is 2.99. The predicted molar refractivity (Wildman–Crippen MR) is 154 cm³/mol. The fourth-order valence-electron chi connectivity index (χ4n) is 4.39. The second-order valence-corrected chi connectivity index (χ2v) is 9.37. The van der Waals surface area contributed by atoms with Crippen LogP contribution in [0.4, 0.5) is 23.2 Å². The van der Waals surface area contributed by atoms with Gasteiger partial charge >= 0.3 is 11.9 Å². The Hall–Kier alpha value is -5.59. The fourth-order valence-corrected chi connectivity index (χ4v) is 4.39. The number of para-hydroxylation sites is 1. The molecule has 0 amide bonds. The van der Waals surface area contributed by atoms with E-state index in [1.807, 2.05) is 0 Å². The lowest BCUT2D eigenvalue weighted by molar-refractivity contribution is -0.386. The summed E-state index contributed by atoms with van der Waals surface area (Å²) in [6.07, 6.45) is -3.52. The summed E-state index contributed by atoms with van der Waals surface area (Å²) in [6.45, 7) is 1.58. The number of fused-ring (bicyclic) bond motifs is 1. The number of benzene rings is 4. The first-order valence-corrected chi connectivity index (χ1v) is 13.1. The first-order chi connectivity index (χ1) is 21.0. The highest BCUT2D eigenvalue weighted by Crippen LogP contribution is 2.39. The second-order valence-electron chi connectivity index (χ2n) is 9.37. The number of ether oxygens (including phenoxy) is 2. The Morgan fingerprint density at radius 2 is 1.77 bits per heavy atom. The van der Waals surface area contributed by atoms with Crippen molar-refractivity contribution in [2.24, 2.45) is 5.10 Å². The number of nitro benzene ring substituents is 1. The maximum atomic E-state index is 13.6. The van der Waals surface area contributed by atoms with Gasteiger partial charge in [-0.15, -0.1) is 0 Å². The molecule has 44 heavy (non-hydrogen) atoms. The molecule has 1 heterocycles. The van der Waals surface area contributed by atoms with Gasteiger partial charge in [-0.25, -0.2) is 9.37 Å². The maximum Gasteiger partial charge on any atom is 0.416 e. The van der Waals surface area contributed by atoms with E-state index < -0.39 is 33.7 Å². The zero-order chi connectivity index (χ0) is 31.4. The Morgan fingerprint density at radius 1 is 1.00 bits per heavy atom. The average molecular weight is 607 g/mol. The van der Waals surface area contributed by atoms with Crippen LogP contribution in [0.3, 0.4) is 0 Å². The molecule has 0 N–H and O–H groups in total. The minimum absolute atomic E-state index is 0.0124. The van der Waals surface area contributed by atoms with Crippen LogP contribution in [0, 0.1) is 15.9 Å². The molecular weight excluding hydrogens is 584 g/mol. The van der Waals surface area contributed by atoms with Crippen LogP contribution in [-0.4, -0.2) is 27.4 Å². The molecule has 0 aliphatic heterocycles. The molecule has 9 nitrogen and oxygen atoms in total. The van der Waals surface area contributed by atoms with E-state index in [9.17, 15) is 32.5 Å². The summed E-state index contributed by atoms with van der Waals surface area (Å²) in [5.74, 6) is -0.889.